The maximum atomic E-state index is 10.9. The van der Waals surface area contributed by atoms with Crippen LogP contribution in [-0.4, -0.2) is 36.1 Å². The van der Waals surface area contributed by atoms with Gasteiger partial charge < -0.3 is 15.2 Å². The van der Waals surface area contributed by atoms with E-state index in [0.29, 0.717) is 5.57 Å². The highest BCUT2D eigenvalue weighted by Gasteiger charge is 2.08. The van der Waals surface area contributed by atoms with Crippen LogP contribution in [0.2, 0.25) is 0 Å². The molecule has 0 spiro atoms. The first-order chi connectivity index (χ1) is 6.93. The van der Waals surface area contributed by atoms with Gasteiger partial charge in [-0.1, -0.05) is 6.58 Å². The third-order valence-corrected chi connectivity index (χ3v) is 1.33. The van der Waals surface area contributed by atoms with Gasteiger partial charge in [-0.3, -0.25) is 14.4 Å². The predicted molar refractivity (Wildman–Crippen MR) is 51.0 cm³/mol. The lowest BCUT2D eigenvalue weighted by Gasteiger charge is -2.05. The van der Waals surface area contributed by atoms with E-state index in [9.17, 15) is 14.4 Å². The molecule has 6 heteroatoms. The summed E-state index contributed by atoms with van der Waals surface area (Å²) in [4.78, 5) is 31.7. The van der Waals surface area contributed by atoms with E-state index in [2.05, 4.69) is 16.6 Å². The van der Waals surface area contributed by atoms with Crippen molar-refractivity contribution < 1.29 is 24.2 Å². The summed E-state index contributed by atoms with van der Waals surface area (Å²) in [5, 5.41) is 10.6. The average molecular weight is 215 g/mol. The van der Waals surface area contributed by atoms with Crippen molar-refractivity contribution in [3.63, 3.8) is 0 Å². The van der Waals surface area contributed by atoms with Gasteiger partial charge in [0.05, 0.1) is 6.54 Å². The molecule has 0 aliphatic heterocycles. The van der Waals surface area contributed by atoms with Crippen LogP contribution < -0.4 is 5.32 Å². The number of hydrogen-bond acceptors (Lipinski definition) is 4. The Morgan fingerprint density at radius 3 is 2.47 bits per heavy atom. The number of carbonyl (C=O) groups excluding carboxylic acids is 2. The van der Waals surface area contributed by atoms with Gasteiger partial charge in [0.15, 0.2) is 0 Å². The number of rotatable bonds is 6. The molecule has 0 aromatic carbocycles. The fourth-order valence-electron chi connectivity index (χ4n) is 0.655. The van der Waals surface area contributed by atoms with Crippen LogP contribution in [0.25, 0.3) is 0 Å². The van der Waals surface area contributed by atoms with Crippen LogP contribution >= 0.6 is 0 Å². The minimum Gasteiger partial charge on any atom is -0.481 e. The first-order valence-electron chi connectivity index (χ1n) is 4.24. The lowest BCUT2D eigenvalue weighted by molar-refractivity contribution is -0.151. The molecule has 2 N–H and O–H groups in total. The van der Waals surface area contributed by atoms with Crippen LogP contribution in [0.4, 0.5) is 0 Å². The standard InChI is InChI=1S/C9H13NO5/c1-6(2)9(14)10-3-4-15-8(13)5-7(11)12/h1,3-5H2,2H3,(H,10,14)(H,11,12). The Hall–Kier alpha value is -1.85. The number of carboxylic acids is 1. The molecule has 0 aliphatic carbocycles. The number of nitrogens with one attached hydrogen (secondary N) is 1. The van der Waals surface area contributed by atoms with E-state index in [1.807, 2.05) is 0 Å². The van der Waals surface area contributed by atoms with Gasteiger partial charge in [0.2, 0.25) is 5.91 Å². The highest BCUT2D eigenvalue weighted by molar-refractivity contribution is 5.92. The van der Waals surface area contributed by atoms with Gasteiger partial charge in [-0.15, -0.1) is 0 Å². The van der Waals surface area contributed by atoms with E-state index in [0.717, 1.165) is 0 Å². The lowest BCUT2D eigenvalue weighted by atomic mass is 10.3. The van der Waals surface area contributed by atoms with Crippen molar-refractivity contribution in [2.75, 3.05) is 13.2 Å². The first kappa shape index (κ1) is 13.2. The zero-order valence-corrected chi connectivity index (χ0v) is 8.41. The number of amides is 1. The summed E-state index contributed by atoms with van der Waals surface area (Å²) < 4.78 is 4.52. The van der Waals surface area contributed by atoms with Gasteiger partial charge in [0.1, 0.15) is 13.0 Å². The smallest absolute Gasteiger partial charge is 0.317 e. The minimum absolute atomic E-state index is 0.0505. The van der Waals surface area contributed by atoms with E-state index >= 15 is 0 Å². The number of hydrogen-bond donors (Lipinski definition) is 2. The molecule has 1 amide bonds. The Morgan fingerprint density at radius 2 is 2.00 bits per heavy atom. The summed E-state index contributed by atoms with van der Waals surface area (Å²) in [6.07, 6.45) is -0.672. The molecule has 0 radical (unpaired) electrons. The van der Waals surface area contributed by atoms with Gasteiger partial charge in [0, 0.05) is 5.57 Å². The van der Waals surface area contributed by atoms with Crippen LogP contribution in [0, 0.1) is 0 Å². The molecule has 0 atom stereocenters. The SMILES string of the molecule is C=C(C)C(=O)NCCOC(=O)CC(=O)O. The summed E-state index contributed by atoms with van der Waals surface area (Å²) in [5.41, 5.74) is 0.354. The number of aliphatic carboxylic acids is 1. The molecule has 0 bridgehead atoms. The molecule has 0 rings (SSSR count). The molecule has 0 saturated heterocycles. The van der Waals surface area contributed by atoms with Crippen molar-refractivity contribution in [1.82, 2.24) is 5.32 Å². The van der Waals surface area contributed by atoms with Crippen molar-refractivity contribution >= 4 is 17.8 Å². The second-order valence-electron chi connectivity index (χ2n) is 2.83. The van der Waals surface area contributed by atoms with Crippen molar-refractivity contribution in [2.24, 2.45) is 0 Å². The Balaban J connectivity index is 3.55. The predicted octanol–water partition coefficient (Wildman–Crippen LogP) is -0.303. The van der Waals surface area contributed by atoms with Crippen molar-refractivity contribution in [2.45, 2.75) is 13.3 Å². The molecular weight excluding hydrogens is 202 g/mol. The highest BCUT2D eigenvalue weighted by Crippen LogP contribution is 1.87. The number of ether oxygens (including phenoxy) is 1. The molecule has 0 unspecified atom stereocenters. The summed E-state index contributed by atoms with van der Waals surface area (Å²) in [7, 11) is 0. The maximum Gasteiger partial charge on any atom is 0.317 e. The third kappa shape index (κ3) is 7.24. The molecule has 84 valence electrons. The fraction of sp³-hybridized carbons (Fsp3) is 0.444. The Kier molecular flexibility index (Phi) is 5.77. The fourth-order valence-corrected chi connectivity index (χ4v) is 0.655. The van der Waals surface area contributed by atoms with E-state index in [1.165, 1.54) is 0 Å². The van der Waals surface area contributed by atoms with E-state index in [-0.39, 0.29) is 19.1 Å². The topological polar surface area (TPSA) is 92.7 Å². The van der Waals surface area contributed by atoms with E-state index in [4.69, 9.17) is 5.11 Å². The minimum atomic E-state index is -1.24. The Morgan fingerprint density at radius 1 is 1.40 bits per heavy atom. The quantitative estimate of drug-likeness (QED) is 0.274. The maximum absolute atomic E-state index is 10.9. The zero-order valence-electron chi connectivity index (χ0n) is 8.41. The molecule has 0 aromatic rings. The van der Waals surface area contributed by atoms with Crippen LogP contribution in [0.3, 0.4) is 0 Å². The Bertz CT molecular complexity index is 284. The highest BCUT2D eigenvalue weighted by atomic mass is 16.5. The van der Waals surface area contributed by atoms with Crippen molar-refractivity contribution in [3.05, 3.63) is 12.2 Å². The molecule has 0 saturated carbocycles. The van der Waals surface area contributed by atoms with Gasteiger partial charge in [0.25, 0.3) is 0 Å². The van der Waals surface area contributed by atoms with Crippen LogP contribution in [0.15, 0.2) is 12.2 Å². The molecule has 0 heterocycles. The number of esters is 1. The number of carboxylic acid groups (broad SMARTS) is 1. The van der Waals surface area contributed by atoms with Crippen molar-refractivity contribution in [3.8, 4) is 0 Å². The largest absolute Gasteiger partial charge is 0.481 e. The van der Waals surface area contributed by atoms with Crippen LogP contribution in [-0.2, 0) is 19.1 Å². The number of carbonyl (C=O) groups is 3. The lowest BCUT2D eigenvalue weighted by Crippen LogP contribution is -2.28. The molecule has 0 fully saturated rings. The summed E-state index contributed by atoms with van der Waals surface area (Å²) in [5.74, 6) is -2.40. The normalized spacial score (nSPS) is 9.13. The zero-order chi connectivity index (χ0) is 11.8. The van der Waals surface area contributed by atoms with Gasteiger partial charge >= 0.3 is 11.9 Å². The van der Waals surface area contributed by atoms with E-state index in [1.54, 1.807) is 6.92 Å². The average Bonchev–Trinajstić information content (AvgIpc) is 2.10. The van der Waals surface area contributed by atoms with Crippen LogP contribution in [0.1, 0.15) is 13.3 Å². The van der Waals surface area contributed by atoms with Gasteiger partial charge in [-0.05, 0) is 6.92 Å². The van der Waals surface area contributed by atoms with Crippen LogP contribution in [0.5, 0.6) is 0 Å². The first-order valence-corrected chi connectivity index (χ1v) is 4.24. The second kappa shape index (κ2) is 6.58. The Labute approximate surface area is 86.9 Å². The van der Waals surface area contributed by atoms with E-state index < -0.39 is 18.4 Å². The van der Waals surface area contributed by atoms with Gasteiger partial charge in [-0.25, -0.2) is 0 Å². The summed E-state index contributed by atoms with van der Waals surface area (Å²) in [6.45, 7) is 5.04. The third-order valence-electron chi connectivity index (χ3n) is 1.33. The monoisotopic (exact) mass is 215 g/mol. The molecular formula is C9H13NO5. The molecule has 0 aliphatic rings. The van der Waals surface area contributed by atoms with Crippen molar-refractivity contribution in [1.29, 1.82) is 0 Å². The molecule has 6 nitrogen and oxygen atoms in total. The molecule has 15 heavy (non-hydrogen) atoms. The second-order valence-corrected chi connectivity index (χ2v) is 2.83. The summed E-state index contributed by atoms with van der Waals surface area (Å²) in [6, 6.07) is 0. The van der Waals surface area contributed by atoms with Gasteiger partial charge in [-0.2, -0.15) is 0 Å². The summed E-state index contributed by atoms with van der Waals surface area (Å²) >= 11 is 0. The molecule has 0 aromatic heterocycles.